The van der Waals surface area contributed by atoms with Crippen LogP contribution in [0.5, 0.6) is 5.75 Å². The van der Waals surface area contributed by atoms with Gasteiger partial charge in [-0.15, -0.1) is 0 Å². The van der Waals surface area contributed by atoms with Crippen molar-refractivity contribution in [2.45, 2.75) is 26.7 Å². The molecule has 4 rings (SSSR count). The van der Waals surface area contributed by atoms with Gasteiger partial charge in [-0.3, -0.25) is 0 Å². The largest absolute Gasteiger partial charge is 0.507 e. The van der Waals surface area contributed by atoms with Crippen molar-refractivity contribution >= 4 is 21.5 Å². The fourth-order valence-corrected chi connectivity index (χ4v) is 2.99. The molecule has 0 aliphatic rings. The highest BCUT2D eigenvalue weighted by molar-refractivity contribution is 6.07. The highest BCUT2D eigenvalue weighted by Gasteiger charge is 2.11. The van der Waals surface area contributed by atoms with Crippen molar-refractivity contribution in [1.29, 1.82) is 0 Å². The van der Waals surface area contributed by atoms with Crippen molar-refractivity contribution in [3.8, 4) is 16.9 Å². The highest BCUT2D eigenvalue weighted by Crippen LogP contribution is 2.39. The van der Waals surface area contributed by atoms with Crippen LogP contribution >= 0.6 is 0 Å². The maximum atomic E-state index is 10.4. The molecule has 4 aromatic rings. The summed E-state index contributed by atoms with van der Waals surface area (Å²) in [5.74, 6) is 0.324. The number of unbranched alkanes of at least 4 members (excludes halogenated alkanes) is 1. The first-order valence-electron chi connectivity index (χ1n) is 8.95. The fourth-order valence-electron chi connectivity index (χ4n) is 2.99. The third-order valence-electron chi connectivity index (χ3n) is 4.47. The van der Waals surface area contributed by atoms with Crippen LogP contribution in [0, 0.1) is 0 Å². The van der Waals surface area contributed by atoms with Crippen molar-refractivity contribution in [3.05, 3.63) is 78.9 Å². The van der Waals surface area contributed by atoms with E-state index in [2.05, 4.69) is 50.2 Å². The average Bonchev–Trinajstić information content (AvgIpc) is 2.68. The second-order valence-corrected chi connectivity index (χ2v) is 6.21. The Morgan fingerprint density at radius 3 is 1.84 bits per heavy atom. The van der Waals surface area contributed by atoms with E-state index >= 15 is 0 Å². The van der Waals surface area contributed by atoms with Crippen molar-refractivity contribution in [2.24, 2.45) is 0 Å². The molecule has 0 saturated heterocycles. The minimum Gasteiger partial charge on any atom is -0.507 e. The summed E-state index contributed by atoms with van der Waals surface area (Å²) in [6.07, 6.45) is 2.64. The van der Waals surface area contributed by atoms with E-state index in [1.165, 1.54) is 18.2 Å². The first-order chi connectivity index (χ1) is 12.3. The number of hydrogen-bond donors (Lipinski definition) is 1. The molecule has 0 radical (unpaired) electrons. The zero-order valence-electron chi connectivity index (χ0n) is 14.9. The number of rotatable bonds is 2. The Morgan fingerprint density at radius 2 is 1.16 bits per heavy atom. The van der Waals surface area contributed by atoms with Gasteiger partial charge in [0, 0.05) is 5.56 Å². The first-order valence-corrected chi connectivity index (χ1v) is 8.95. The van der Waals surface area contributed by atoms with Crippen LogP contribution in [0.3, 0.4) is 0 Å². The summed E-state index contributed by atoms with van der Waals surface area (Å²) in [5, 5.41) is 15.0. The van der Waals surface area contributed by atoms with Gasteiger partial charge in [-0.25, -0.2) is 0 Å². The molecule has 0 aromatic heterocycles. The predicted octanol–water partition coefficient (Wildman–Crippen LogP) is 7.17. The van der Waals surface area contributed by atoms with Gasteiger partial charge >= 0.3 is 0 Å². The summed E-state index contributed by atoms with van der Waals surface area (Å²) >= 11 is 0. The molecule has 1 nitrogen and oxygen atoms in total. The summed E-state index contributed by atoms with van der Waals surface area (Å²) in [5.41, 5.74) is 1.98. The van der Waals surface area contributed by atoms with E-state index in [0.717, 1.165) is 27.3 Å². The molecule has 1 N–H and O–H groups in total. The number of benzene rings is 4. The molecule has 0 bridgehead atoms. The molecule has 0 fully saturated rings. The third-order valence-corrected chi connectivity index (χ3v) is 4.47. The van der Waals surface area contributed by atoms with Gasteiger partial charge in [-0.05, 0) is 33.2 Å². The second kappa shape index (κ2) is 7.85. The van der Waals surface area contributed by atoms with Crippen LogP contribution in [0.25, 0.3) is 32.7 Å². The van der Waals surface area contributed by atoms with Gasteiger partial charge < -0.3 is 5.11 Å². The molecule has 0 spiro atoms. The Balaban J connectivity index is 0.000000415. The van der Waals surface area contributed by atoms with Crippen LogP contribution in [0.2, 0.25) is 0 Å². The van der Waals surface area contributed by atoms with Crippen LogP contribution in [-0.2, 0) is 0 Å². The molecule has 0 unspecified atom stereocenters. The average molecular weight is 328 g/mol. The summed E-state index contributed by atoms with van der Waals surface area (Å²) in [7, 11) is 0. The number of phenolic OH excluding ortho intramolecular Hbond substituents is 1. The van der Waals surface area contributed by atoms with E-state index in [9.17, 15) is 5.11 Å². The van der Waals surface area contributed by atoms with Crippen molar-refractivity contribution in [1.82, 2.24) is 0 Å². The molecule has 0 atom stereocenters. The van der Waals surface area contributed by atoms with Gasteiger partial charge in [0.05, 0.1) is 0 Å². The van der Waals surface area contributed by atoms with Crippen LogP contribution in [0.15, 0.2) is 78.9 Å². The predicted molar refractivity (Wildman–Crippen MR) is 109 cm³/mol. The number of hydrogen-bond acceptors (Lipinski definition) is 1. The molecule has 0 heterocycles. The molecule has 0 aliphatic carbocycles. The Bertz CT molecular complexity index is 978. The SMILES string of the molecule is CCCC.Oc1ccc2ccccc2c1-c1cccc2ccccc12. The van der Waals surface area contributed by atoms with E-state index in [0.29, 0.717) is 5.75 Å². The summed E-state index contributed by atoms with van der Waals surface area (Å²) in [4.78, 5) is 0. The molecule has 1 heteroatoms. The van der Waals surface area contributed by atoms with E-state index in [1.807, 2.05) is 36.4 Å². The van der Waals surface area contributed by atoms with Gasteiger partial charge in [0.1, 0.15) is 5.75 Å². The number of aromatic hydroxyl groups is 1. The van der Waals surface area contributed by atoms with Gasteiger partial charge in [0.15, 0.2) is 0 Å². The lowest BCUT2D eigenvalue weighted by atomic mass is 9.93. The van der Waals surface area contributed by atoms with Crippen LogP contribution in [-0.4, -0.2) is 5.11 Å². The lowest BCUT2D eigenvalue weighted by molar-refractivity contribution is 0.478. The minimum absolute atomic E-state index is 0.324. The van der Waals surface area contributed by atoms with E-state index in [4.69, 9.17) is 0 Å². The Hall–Kier alpha value is -2.80. The standard InChI is InChI=1S/C20H14O.C4H10/c21-19-13-12-15-7-2-4-10-17(15)20(19)18-11-5-8-14-6-1-3-9-16(14)18;1-3-4-2/h1-13,21H;3-4H2,1-2H3. The minimum atomic E-state index is 0.324. The van der Waals surface area contributed by atoms with Crippen molar-refractivity contribution in [2.75, 3.05) is 0 Å². The van der Waals surface area contributed by atoms with Gasteiger partial charge in [-0.1, -0.05) is 99.5 Å². The van der Waals surface area contributed by atoms with E-state index in [1.54, 1.807) is 6.07 Å². The third kappa shape index (κ3) is 3.51. The molecule has 0 saturated carbocycles. The maximum Gasteiger partial charge on any atom is 0.124 e. The monoisotopic (exact) mass is 328 g/mol. The Kier molecular flexibility index (Phi) is 5.35. The maximum absolute atomic E-state index is 10.4. The van der Waals surface area contributed by atoms with Gasteiger partial charge in [0.25, 0.3) is 0 Å². The molecular formula is C24H24O. The number of fused-ring (bicyclic) bond motifs is 2. The smallest absolute Gasteiger partial charge is 0.124 e. The van der Waals surface area contributed by atoms with Crippen molar-refractivity contribution < 1.29 is 5.11 Å². The Labute approximate surface area is 149 Å². The van der Waals surface area contributed by atoms with Gasteiger partial charge in [0.2, 0.25) is 0 Å². The van der Waals surface area contributed by atoms with Crippen LogP contribution < -0.4 is 0 Å². The summed E-state index contributed by atoms with van der Waals surface area (Å²) < 4.78 is 0. The lowest BCUT2D eigenvalue weighted by Crippen LogP contribution is -1.85. The first kappa shape index (κ1) is 17.0. The topological polar surface area (TPSA) is 20.2 Å². The highest BCUT2D eigenvalue weighted by atomic mass is 16.3. The lowest BCUT2D eigenvalue weighted by Gasteiger charge is -2.12. The molecule has 126 valence electrons. The Morgan fingerprint density at radius 1 is 0.600 bits per heavy atom. The molecule has 25 heavy (non-hydrogen) atoms. The second-order valence-electron chi connectivity index (χ2n) is 6.21. The fraction of sp³-hybridized carbons (Fsp3) is 0.167. The van der Waals surface area contributed by atoms with E-state index in [-0.39, 0.29) is 0 Å². The molecule has 0 aliphatic heterocycles. The summed E-state index contributed by atoms with van der Waals surface area (Å²) in [6.45, 7) is 4.36. The van der Waals surface area contributed by atoms with Crippen LogP contribution in [0.4, 0.5) is 0 Å². The molecular weight excluding hydrogens is 304 g/mol. The number of phenols is 1. The van der Waals surface area contributed by atoms with Gasteiger partial charge in [-0.2, -0.15) is 0 Å². The van der Waals surface area contributed by atoms with Crippen LogP contribution in [0.1, 0.15) is 26.7 Å². The summed E-state index contributed by atoms with van der Waals surface area (Å²) in [6, 6.07) is 26.4. The van der Waals surface area contributed by atoms with E-state index < -0.39 is 0 Å². The zero-order valence-corrected chi connectivity index (χ0v) is 14.9. The van der Waals surface area contributed by atoms with Crippen molar-refractivity contribution in [3.63, 3.8) is 0 Å². The quantitative estimate of drug-likeness (QED) is 0.413. The molecule has 0 amide bonds. The molecule has 4 aromatic carbocycles. The normalized spacial score (nSPS) is 10.5. The zero-order chi connectivity index (χ0) is 17.6.